The van der Waals surface area contributed by atoms with Gasteiger partial charge in [-0.15, -0.1) is 6.58 Å². The second-order valence-corrected chi connectivity index (χ2v) is 8.82. The highest BCUT2D eigenvalue weighted by Gasteiger charge is 2.44. The van der Waals surface area contributed by atoms with E-state index in [4.69, 9.17) is 9.47 Å². The number of hydrogen-bond acceptors (Lipinski definition) is 6. The Morgan fingerprint density at radius 1 is 1.12 bits per heavy atom. The maximum Gasteiger partial charge on any atom is 0.323 e. The van der Waals surface area contributed by atoms with Gasteiger partial charge >= 0.3 is 5.97 Å². The minimum absolute atomic E-state index is 0.0226. The van der Waals surface area contributed by atoms with E-state index in [2.05, 4.69) is 6.58 Å². The summed E-state index contributed by atoms with van der Waals surface area (Å²) in [5, 5.41) is 9.61. The summed E-state index contributed by atoms with van der Waals surface area (Å²) in [6.45, 7) is 5.93. The molecule has 0 fully saturated rings. The first-order valence-corrected chi connectivity index (χ1v) is 11.9. The van der Waals surface area contributed by atoms with Crippen LogP contribution in [0.1, 0.15) is 62.5 Å². The summed E-state index contributed by atoms with van der Waals surface area (Å²) in [6.07, 6.45) is 5.67. The van der Waals surface area contributed by atoms with Crippen LogP contribution in [-0.4, -0.2) is 47.8 Å². The molecular formula is C27H31NO6. The second-order valence-electron chi connectivity index (χ2n) is 8.82. The van der Waals surface area contributed by atoms with Crippen molar-refractivity contribution in [3.63, 3.8) is 0 Å². The van der Waals surface area contributed by atoms with Crippen LogP contribution in [0.25, 0.3) is 0 Å². The van der Waals surface area contributed by atoms with Gasteiger partial charge in [-0.3, -0.25) is 14.4 Å². The highest BCUT2D eigenvalue weighted by molar-refractivity contribution is 6.06. The third kappa shape index (κ3) is 4.15. The summed E-state index contributed by atoms with van der Waals surface area (Å²) in [6, 6.07) is 3.84. The lowest BCUT2D eigenvalue weighted by molar-refractivity contribution is -0.138. The van der Waals surface area contributed by atoms with Gasteiger partial charge in [0.1, 0.15) is 6.54 Å². The lowest BCUT2D eigenvalue weighted by atomic mass is 9.70. The van der Waals surface area contributed by atoms with Crippen LogP contribution in [0.5, 0.6) is 11.5 Å². The van der Waals surface area contributed by atoms with Crippen LogP contribution < -0.4 is 9.47 Å². The number of methoxy groups -OCH3 is 1. The van der Waals surface area contributed by atoms with Crippen molar-refractivity contribution in [1.82, 2.24) is 4.90 Å². The van der Waals surface area contributed by atoms with E-state index in [0.29, 0.717) is 74.2 Å². The van der Waals surface area contributed by atoms with Gasteiger partial charge in [0.2, 0.25) is 0 Å². The zero-order valence-electron chi connectivity index (χ0n) is 19.8. The number of ketones is 2. The van der Waals surface area contributed by atoms with Crippen LogP contribution in [0.4, 0.5) is 0 Å². The number of allylic oxidation sites excluding steroid dienone is 5. The summed E-state index contributed by atoms with van der Waals surface area (Å²) in [5.74, 6) is -0.393. The minimum Gasteiger partial charge on any atom is -0.493 e. The summed E-state index contributed by atoms with van der Waals surface area (Å²) >= 11 is 0. The van der Waals surface area contributed by atoms with E-state index in [0.717, 1.165) is 22.5 Å². The molecule has 0 bridgehead atoms. The summed E-state index contributed by atoms with van der Waals surface area (Å²) in [7, 11) is 1.59. The fourth-order valence-electron chi connectivity index (χ4n) is 5.53. The number of carbonyl (C=O) groups is 3. The van der Waals surface area contributed by atoms with Crippen molar-refractivity contribution in [1.29, 1.82) is 0 Å². The van der Waals surface area contributed by atoms with Crippen LogP contribution >= 0.6 is 0 Å². The minimum atomic E-state index is -0.982. The summed E-state index contributed by atoms with van der Waals surface area (Å²) in [4.78, 5) is 40.1. The normalized spacial score (nSPS) is 18.6. The quantitative estimate of drug-likeness (QED) is 0.572. The zero-order valence-corrected chi connectivity index (χ0v) is 19.8. The molecule has 4 rings (SSSR count). The molecule has 180 valence electrons. The van der Waals surface area contributed by atoms with Gasteiger partial charge < -0.3 is 19.5 Å². The predicted octanol–water partition coefficient (Wildman–Crippen LogP) is 4.32. The number of benzene rings is 1. The highest BCUT2D eigenvalue weighted by Crippen LogP contribution is 2.50. The molecule has 0 spiro atoms. The van der Waals surface area contributed by atoms with Crippen molar-refractivity contribution in [2.45, 2.75) is 57.8 Å². The molecule has 0 atom stereocenters. The number of carboxylic acid groups (broad SMARTS) is 1. The van der Waals surface area contributed by atoms with Gasteiger partial charge in [-0.1, -0.05) is 12.1 Å². The molecular weight excluding hydrogens is 434 g/mol. The molecule has 34 heavy (non-hydrogen) atoms. The first-order chi connectivity index (χ1) is 16.4. The maximum absolute atomic E-state index is 13.3. The SMILES string of the molecule is C=CCc1cc(C2C3=C(CCCC3=O)N(CC(=O)O)C3=C2C(=O)CCC3)cc(OCC)c1OC. The van der Waals surface area contributed by atoms with E-state index in [-0.39, 0.29) is 18.1 Å². The Morgan fingerprint density at radius 2 is 1.74 bits per heavy atom. The molecule has 7 heteroatoms. The van der Waals surface area contributed by atoms with Crippen molar-refractivity contribution < 1.29 is 29.0 Å². The molecule has 0 saturated heterocycles. The van der Waals surface area contributed by atoms with Crippen LogP contribution in [0.15, 0.2) is 47.3 Å². The fraction of sp³-hybridized carbons (Fsp3) is 0.444. The van der Waals surface area contributed by atoms with Crippen LogP contribution in [-0.2, 0) is 20.8 Å². The predicted molar refractivity (Wildman–Crippen MR) is 127 cm³/mol. The molecule has 0 saturated carbocycles. The lowest BCUT2D eigenvalue weighted by Gasteiger charge is -2.43. The highest BCUT2D eigenvalue weighted by atomic mass is 16.5. The molecule has 0 unspecified atom stereocenters. The number of rotatable bonds is 8. The Labute approximate surface area is 199 Å². The van der Waals surface area contributed by atoms with Crippen LogP contribution in [0, 0.1) is 0 Å². The van der Waals surface area contributed by atoms with Crippen LogP contribution in [0.3, 0.4) is 0 Å². The van der Waals surface area contributed by atoms with Crippen molar-refractivity contribution in [2.24, 2.45) is 0 Å². The van der Waals surface area contributed by atoms with Gasteiger partial charge in [0.05, 0.1) is 13.7 Å². The number of Topliss-reactive ketones (excluding diaryl/α,β-unsaturated/α-hetero) is 2. The van der Waals surface area contributed by atoms with Gasteiger partial charge in [-0.05, 0) is 50.7 Å². The number of hydrogen-bond donors (Lipinski definition) is 1. The summed E-state index contributed by atoms with van der Waals surface area (Å²) < 4.78 is 11.5. The van der Waals surface area contributed by atoms with E-state index in [1.54, 1.807) is 18.1 Å². The first-order valence-electron chi connectivity index (χ1n) is 11.9. The average molecular weight is 466 g/mol. The van der Waals surface area contributed by atoms with E-state index in [1.165, 1.54) is 0 Å². The van der Waals surface area contributed by atoms with Gasteiger partial charge in [0, 0.05) is 46.9 Å². The fourth-order valence-corrected chi connectivity index (χ4v) is 5.53. The maximum atomic E-state index is 13.3. The number of nitrogens with zero attached hydrogens (tertiary/aromatic N) is 1. The molecule has 1 N–H and O–H groups in total. The Kier molecular flexibility index (Phi) is 6.91. The number of carbonyl (C=O) groups excluding carboxylic acids is 2. The van der Waals surface area contributed by atoms with Gasteiger partial charge in [0.15, 0.2) is 23.1 Å². The van der Waals surface area contributed by atoms with Gasteiger partial charge in [-0.25, -0.2) is 0 Å². The smallest absolute Gasteiger partial charge is 0.323 e. The van der Waals surface area contributed by atoms with Crippen LogP contribution in [0.2, 0.25) is 0 Å². The molecule has 0 amide bonds. The van der Waals surface area contributed by atoms with E-state index in [1.807, 2.05) is 19.1 Å². The standard InChI is InChI=1S/C27H31NO6/c1-4-8-16-13-17(14-22(34-5-2)27(16)33-3)24-25-18(9-6-11-20(25)29)28(15-23(31)32)19-10-7-12-21(30)26(19)24/h4,13-14,24H,1,5-12,15H2,2-3H3,(H,31,32). The van der Waals surface area contributed by atoms with E-state index >= 15 is 0 Å². The number of aliphatic carboxylic acids is 1. The number of ether oxygens (including phenoxy) is 2. The van der Waals surface area contributed by atoms with Crippen molar-refractivity contribution in [3.8, 4) is 11.5 Å². The monoisotopic (exact) mass is 465 g/mol. The third-order valence-corrected chi connectivity index (χ3v) is 6.74. The van der Waals surface area contributed by atoms with Crippen molar-refractivity contribution in [3.05, 3.63) is 58.5 Å². The molecule has 1 aromatic rings. The molecule has 2 aliphatic carbocycles. The zero-order chi connectivity index (χ0) is 24.4. The lowest BCUT2D eigenvalue weighted by Crippen LogP contribution is -2.41. The van der Waals surface area contributed by atoms with Crippen molar-refractivity contribution >= 4 is 17.5 Å². The average Bonchev–Trinajstić information content (AvgIpc) is 2.80. The second kappa shape index (κ2) is 9.87. The Bertz CT molecular complexity index is 1070. The molecule has 7 nitrogen and oxygen atoms in total. The Morgan fingerprint density at radius 3 is 2.24 bits per heavy atom. The molecule has 3 aliphatic rings. The Hall–Kier alpha value is -3.35. The molecule has 0 radical (unpaired) electrons. The largest absolute Gasteiger partial charge is 0.493 e. The molecule has 1 heterocycles. The van der Waals surface area contributed by atoms with Gasteiger partial charge in [0.25, 0.3) is 0 Å². The first kappa shape index (κ1) is 23.8. The van der Waals surface area contributed by atoms with E-state index in [9.17, 15) is 19.5 Å². The Balaban J connectivity index is 1.99. The van der Waals surface area contributed by atoms with Crippen molar-refractivity contribution in [2.75, 3.05) is 20.3 Å². The molecule has 1 aliphatic heterocycles. The third-order valence-electron chi connectivity index (χ3n) is 6.74. The molecule has 0 aromatic heterocycles. The molecule has 1 aromatic carbocycles. The van der Waals surface area contributed by atoms with Gasteiger partial charge in [-0.2, -0.15) is 0 Å². The number of carboxylic acids is 1. The topological polar surface area (TPSA) is 93.1 Å². The summed E-state index contributed by atoms with van der Waals surface area (Å²) in [5.41, 5.74) is 4.26. The van der Waals surface area contributed by atoms with E-state index < -0.39 is 11.9 Å².